The largest absolute Gasteiger partial charge is 0.491 e. The number of carbonyl (C=O) groups excluding carboxylic acids is 2. The summed E-state index contributed by atoms with van der Waals surface area (Å²) in [6.07, 6.45) is 11.6. The molecule has 1 aliphatic heterocycles. The molecule has 1 aromatic rings. The molecule has 0 saturated heterocycles. The molecule has 1 aliphatic rings. The lowest BCUT2D eigenvalue weighted by atomic mass is 10.0. The van der Waals surface area contributed by atoms with Crippen LogP contribution in [0.15, 0.2) is 36.4 Å². The number of aryl methyl sites for hydroxylation is 1. The van der Waals surface area contributed by atoms with Gasteiger partial charge in [-0.1, -0.05) is 51.2 Å². The number of nitrogens with zero attached hydrogens (tertiary/aromatic N) is 1. The Morgan fingerprint density at radius 3 is 1.07 bits per heavy atom. The maximum absolute atomic E-state index is 11.4. The Morgan fingerprint density at radius 1 is 0.386 bits per heavy atom. The van der Waals surface area contributed by atoms with E-state index in [2.05, 4.69) is 19.1 Å². The number of amides is 2. The zero-order valence-corrected chi connectivity index (χ0v) is 34.5. The fourth-order valence-corrected chi connectivity index (χ4v) is 5.19. The summed E-state index contributed by atoms with van der Waals surface area (Å²) >= 11 is 0. The molecule has 0 bridgehead atoms. The minimum absolute atomic E-state index is 0.238. The van der Waals surface area contributed by atoms with E-state index >= 15 is 0 Å². The van der Waals surface area contributed by atoms with E-state index in [0.29, 0.717) is 145 Å². The number of rotatable bonds is 44. The van der Waals surface area contributed by atoms with Gasteiger partial charge in [0.15, 0.2) is 0 Å². The highest BCUT2D eigenvalue weighted by Crippen LogP contribution is 2.15. The number of unbranched alkanes of at least 4 members (excludes halogenated alkanes) is 5. The normalized spacial score (nSPS) is 12.8. The minimum atomic E-state index is -0.307. The van der Waals surface area contributed by atoms with Crippen molar-refractivity contribution in [2.75, 3.05) is 159 Å². The van der Waals surface area contributed by atoms with Crippen LogP contribution in [0.4, 0.5) is 0 Å². The molecule has 0 N–H and O–H groups in total. The smallest absolute Gasteiger partial charge is 0.253 e. The fourth-order valence-electron chi connectivity index (χ4n) is 5.19. The molecule has 1 aromatic carbocycles. The van der Waals surface area contributed by atoms with Crippen LogP contribution in [0.5, 0.6) is 5.75 Å². The van der Waals surface area contributed by atoms with Crippen LogP contribution in [0.25, 0.3) is 0 Å². The molecule has 0 aromatic heterocycles. The van der Waals surface area contributed by atoms with Crippen molar-refractivity contribution in [2.45, 2.75) is 51.9 Å². The van der Waals surface area contributed by atoms with E-state index in [-0.39, 0.29) is 25.0 Å². The van der Waals surface area contributed by atoms with Crippen molar-refractivity contribution in [3.63, 3.8) is 0 Å². The molecule has 15 heteroatoms. The highest BCUT2D eigenvalue weighted by Gasteiger charge is 2.22. The molecule has 2 rings (SSSR count). The third kappa shape index (κ3) is 31.1. The molecular weight excluding hydrogens is 742 g/mol. The molecule has 15 nitrogen and oxygen atoms in total. The molecule has 328 valence electrons. The third-order valence-electron chi connectivity index (χ3n) is 8.32. The first kappa shape index (κ1) is 50.6. The Bertz CT molecular complexity index is 1070. The fraction of sp³-hybridized carbons (Fsp3) is 0.762. The second-order valence-corrected chi connectivity index (χ2v) is 12.9. The quantitative estimate of drug-likeness (QED) is 0.0689. The molecule has 57 heavy (non-hydrogen) atoms. The van der Waals surface area contributed by atoms with Gasteiger partial charge in [-0.05, 0) is 30.5 Å². The summed E-state index contributed by atoms with van der Waals surface area (Å²) in [7, 11) is 0. The topological polar surface area (TPSA) is 148 Å². The first-order valence-corrected chi connectivity index (χ1v) is 20.8. The molecule has 0 radical (unpaired) electrons. The Kier molecular flexibility index (Phi) is 34.6. The van der Waals surface area contributed by atoms with Crippen molar-refractivity contribution < 1.29 is 66.4 Å². The second kappa shape index (κ2) is 38.9. The predicted octanol–water partition coefficient (Wildman–Crippen LogP) is 4.08. The van der Waals surface area contributed by atoms with Gasteiger partial charge in [0.1, 0.15) is 12.4 Å². The van der Waals surface area contributed by atoms with Crippen molar-refractivity contribution in [3.05, 3.63) is 42.0 Å². The predicted molar refractivity (Wildman–Crippen MR) is 214 cm³/mol. The van der Waals surface area contributed by atoms with Gasteiger partial charge < -0.3 is 56.8 Å². The molecule has 0 saturated carbocycles. The molecule has 2 amide bonds. The van der Waals surface area contributed by atoms with Crippen molar-refractivity contribution in [2.24, 2.45) is 0 Å². The van der Waals surface area contributed by atoms with E-state index in [1.54, 1.807) is 0 Å². The van der Waals surface area contributed by atoms with Crippen LogP contribution in [0.1, 0.15) is 51.0 Å². The SMILES string of the molecule is CCCCCCCCc1ccc(OCCOCCOCCOCCOCCOCCOCCOCCOCCOCCOCCOCCN2C(=O)C=CC2=O)cc1. The summed E-state index contributed by atoms with van der Waals surface area (Å²) in [5.41, 5.74) is 1.37. The van der Waals surface area contributed by atoms with E-state index in [0.717, 1.165) is 17.1 Å². The van der Waals surface area contributed by atoms with Crippen LogP contribution >= 0.6 is 0 Å². The van der Waals surface area contributed by atoms with Crippen LogP contribution in [-0.2, 0) is 68.1 Å². The number of hydrogen-bond acceptors (Lipinski definition) is 14. The summed E-state index contributed by atoms with van der Waals surface area (Å²) in [4.78, 5) is 24.0. The van der Waals surface area contributed by atoms with Gasteiger partial charge in [0.05, 0.1) is 152 Å². The summed E-state index contributed by atoms with van der Waals surface area (Å²) in [5, 5.41) is 0. The van der Waals surface area contributed by atoms with Crippen LogP contribution < -0.4 is 4.74 Å². The monoisotopic (exact) mass is 813 g/mol. The zero-order chi connectivity index (χ0) is 40.5. The maximum Gasteiger partial charge on any atom is 0.253 e. The van der Waals surface area contributed by atoms with Crippen molar-refractivity contribution >= 4 is 11.8 Å². The zero-order valence-electron chi connectivity index (χ0n) is 34.5. The Hall–Kier alpha value is -2.54. The highest BCUT2D eigenvalue weighted by atomic mass is 16.6. The first-order chi connectivity index (χ1) is 28.2. The van der Waals surface area contributed by atoms with E-state index in [4.69, 9.17) is 56.8 Å². The molecular formula is C42H71NO14. The van der Waals surface area contributed by atoms with Gasteiger partial charge in [0.25, 0.3) is 11.8 Å². The molecule has 0 unspecified atom stereocenters. The average molecular weight is 814 g/mol. The minimum Gasteiger partial charge on any atom is -0.491 e. The van der Waals surface area contributed by atoms with Crippen molar-refractivity contribution in [1.82, 2.24) is 4.90 Å². The van der Waals surface area contributed by atoms with Crippen LogP contribution in [0.3, 0.4) is 0 Å². The summed E-state index contributed by atoms with van der Waals surface area (Å²) in [6, 6.07) is 8.42. The summed E-state index contributed by atoms with van der Waals surface area (Å²) < 4.78 is 66.2. The molecule has 1 heterocycles. The summed E-state index contributed by atoms with van der Waals surface area (Å²) in [5.74, 6) is 0.266. The van der Waals surface area contributed by atoms with E-state index in [9.17, 15) is 9.59 Å². The average Bonchev–Trinajstić information content (AvgIpc) is 3.55. The maximum atomic E-state index is 11.4. The summed E-state index contributed by atoms with van der Waals surface area (Å²) in [6.45, 7) is 13.4. The van der Waals surface area contributed by atoms with Crippen LogP contribution in [0.2, 0.25) is 0 Å². The second-order valence-electron chi connectivity index (χ2n) is 12.9. The Balaban J connectivity index is 1.16. The van der Waals surface area contributed by atoms with Gasteiger partial charge in [-0.15, -0.1) is 0 Å². The van der Waals surface area contributed by atoms with Gasteiger partial charge in [0, 0.05) is 12.2 Å². The number of ether oxygens (including phenoxy) is 12. The molecule has 0 spiro atoms. The molecule has 0 atom stereocenters. The number of benzene rings is 1. The standard InChI is InChI=1S/C42H71NO14/c1-2-3-4-5-6-7-8-39-9-11-40(12-10-39)57-38-37-56-36-35-55-34-33-54-32-31-53-30-29-52-28-27-51-26-25-50-24-23-49-22-21-48-20-19-47-18-17-46-16-15-43-41(44)13-14-42(43)45/h9-14H,2-8,15-38H2,1H3. The first-order valence-electron chi connectivity index (χ1n) is 20.8. The molecule has 0 fully saturated rings. The van der Waals surface area contributed by atoms with Gasteiger partial charge in [0.2, 0.25) is 0 Å². The van der Waals surface area contributed by atoms with Crippen LogP contribution in [0, 0.1) is 0 Å². The number of hydrogen-bond donors (Lipinski definition) is 0. The van der Waals surface area contributed by atoms with Gasteiger partial charge in [-0.25, -0.2) is 0 Å². The van der Waals surface area contributed by atoms with Gasteiger partial charge in [-0.2, -0.15) is 0 Å². The highest BCUT2D eigenvalue weighted by molar-refractivity contribution is 6.12. The Morgan fingerprint density at radius 2 is 0.702 bits per heavy atom. The lowest BCUT2D eigenvalue weighted by molar-refractivity contribution is -0.137. The van der Waals surface area contributed by atoms with Gasteiger partial charge >= 0.3 is 0 Å². The van der Waals surface area contributed by atoms with Crippen molar-refractivity contribution in [3.8, 4) is 5.75 Å². The Labute approximate surface area is 340 Å². The van der Waals surface area contributed by atoms with E-state index < -0.39 is 0 Å². The number of carbonyl (C=O) groups is 2. The van der Waals surface area contributed by atoms with Gasteiger partial charge in [-0.3, -0.25) is 14.5 Å². The van der Waals surface area contributed by atoms with E-state index in [1.807, 2.05) is 12.1 Å². The number of imide groups is 1. The van der Waals surface area contributed by atoms with Crippen molar-refractivity contribution in [1.29, 1.82) is 0 Å². The lowest BCUT2D eigenvalue weighted by Crippen LogP contribution is -2.33. The van der Waals surface area contributed by atoms with E-state index in [1.165, 1.54) is 56.2 Å². The van der Waals surface area contributed by atoms with Crippen LogP contribution in [-0.4, -0.2) is 175 Å². The molecule has 0 aliphatic carbocycles. The third-order valence-corrected chi connectivity index (χ3v) is 8.32. The lowest BCUT2D eigenvalue weighted by Gasteiger charge is -2.13.